The van der Waals surface area contributed by atoms with Crippen LogP contribution in [0.3, 0.4) is 0 Å². The van der Waals surface area contributed by atoms with Gasteiger partial charge in [0, 0.05) is 19.1 Å². The van der Waals surface area contributed by atoms with Crippen LogP contribution < -0.4 is 16.2 Å². The summed E-state index contributed by atoms with van der Waals surface area (Å²) in [4.78, 5) is 34.9. The monoisotopic (exact) mass is 355 g/mol. The number of nitrogens with zero attached hydrogens (tertiary/aromatic N) is 4. The second-order valence-corrected chi connectivity index (χ2v) is 7.16. The molecule has 2 aromatic heterocycles. The molecule has 0 fully saturated rings. The van der Waals surface area contributed by atoms with Crippen LogP contribution in [-0.4, -0.2) is 39.3 Å². The second kappa shape index (κ2) is 7.31. The van der Waals surface area contributed by atoms with E-state index in [2.05, 4.69) is 14.9 Å². The van der Waals surface area contributed by atoms with Crippen molar-refractivity contribution in [1.29, 1.82) is 0 Å². The third kappa shape index (κ3) is 3.66. The zero-order chi connectivity index (χ0) is 17.1. The van der Waals surface area contributed by atoms with E-state index in [1.807, 2.05) is 27.7 Å². The molecule has 23 heavy (non-hydrogen) atoms. The summed E-state index contributed by atoms with van der Waals surface area (Å²) in [7, 11) is 0. The highest BCUT2D eigenvalue weighted by atomic mass is 32.2. The quantitative estimate of drug-likeness (QED) is 0.602. The number of primary amides is 1. The molecule has 0 radical (unpaired) electrons. The number of hydrogen-bond donors (Lipinski definition) is 1. The van der Waals surface area contributed by atoms with Gasteiger partial charge in [-0.15, -0.1) is 0 Å². The molecule has 0 aliphatic heterocycles. The van der Waals surface area contributed by atoms with Gasteiger partial charge in [0.25, 0.3) is 5.56 Å². The molecule has 0 unspecified atom stereocenters. The molecule has 2 heterocycles. The second-order valence-electron chi connectivity index (χ2n) is 5.24. The van der Waals surface area contributed by atoms with E-state index < -0.39 is 5.91 Å². The maximum Gasteiger partial charge on any atom is 0.274 e. The SMILES string of the molecule is CCN(CC)c1nc2nc(SCC(N)=O)n(C(C)C)c(=O)c2s1. The molecule has 0 aliphatic carbocycles. The van der Waals surface area contributed by atoms with Gasteiger partial charge in [-0.2, -0.15) is 4.98 Å². The molecular formula is C14H21N5O2S2. The Bertz CT molecular complexity index is 764. The molecule has 0 atom stereocenters. The molecule has 2 rings (SSSR count). The van der Waals surface area contributed by atoms with Gasteiger partial charge in [0.05, 0.1) is 5.75 Å². The van der Waals surface area contributed by atoms with E-state index in [0.29, 0.717) is 15.5 Å². The number of thiazole rings is 1. The van der Waals surface area contributed by atoms with Crippen molar-refractivity contribution in [3.63, 3.8) is 0 Å². The molecule has 0 spiro atoms. The lowest BCUT2D eigenvalue weighted by atomic mass is 10.4. The minimum absolute atomic E-state index is 0.0613. The number of aromatic nitrogens is 3. The van der Waals surface area contributed by atoms with Crippen LogP contribution in [0.4, 0.5) is 5.13 Å². The van der Waals surface area contributed by atoms with Crippen LogP contribution in [-0.2, 0) is 4.79 Å². The van der Waals surface area contributed by atoms with Gasteiger partial charge in [0.2, 0.25) is 5.91 Å². The number of carbonyl (C=O) groups excluding carboxylic acids is 1. The lowest BCUT2D eigenvalue weighted by molar-refractivity contribution is -0.115. The van der Waals surface area contributed by atoms with Crippen molar-refractivity contribution in [2.24, 2.45) is 5.73 Å². The lowest BCUT2D eigenvalue weighted by Gasteiger charge is -2.15. The highest BCUT2D eigenvalue weighted by molar-refractivity contribution is 7.99. The van der Waals surface area contributed by atoms with Crippen LogP contribution in [0.5, 0.6) is 0 Å². The zero-order valence-corrected chi connectivity index (χ0v) is 15.3. The molecule has 0 bridgehead atoms. The number of nitrogens with two attached hydrogens (primary N) is 1. The summed E-state index contributed by atoms with van der Waals surface area (Å²) in [5.74, 6) is -0.362. The molecular weight excluding hydrogens is 334 g/mol. The number of hydrogen-bond acceptors (Lipinski definition) is 7. The normalized spacial score (nSPS) is 11.3. The Morgan fingerprint density at radius 3 is 2.52 bits per heavy atom. The van der Waals surface area contributed by atoms with Crippen molar-refractivity contribution in [3.05, 3.63) is 10.4 Å². The summed E-state index contributed by atoms with van der Waals surface area (Å²) < 4.78 is 2.14. The minimum atomic E-state index is -0.443. The lowest BCUT2D eigenvalue weighted by Crippen LogP contribution is -2.25. The first-order valence-corrected chi connectivity index (χ1v) is 9.28. The molecule has 1 amide bonds. The van der Waals surface area contributed by atoms with E-state index in [1.165, 1.54) is 23.1 Å². The number of carbonyl (C=O) groups is 1. The van der Waals surface area contributed by atoms with Crippen LogP contribution in [0.25, 0.3) is 10.3 Å². The van der Waals surface area contributed by atoms with Crippen molar-refractivity contribution in [2.75, 3.05) is 23.7 Å². The maximum absolute atomic E-state index is 12.8. The molecule has 2 aromatic rings. The average Bonchev–Trinajstić information content (AvgIpc) is 2.90. The van der Waals surface area contributed by atoms with Crippen LogP contribution >= 0.6 is 23.1 Å². The fourth-order valence-electron chi connectivity index (χ4n) is 2.18. The van der Waals surface area contributed by atoms with Gasteiger partial charge < -0.3 is 10.6 Å². The molecule has 2 N–H and O–H groups in total. The standard InChI is InChI=1S/C14H21N5O2S2/c1-5-18(6-2)13-16-11-10(23-13)12(21)19(8(3)4)14(17-11)22-7-9(15)20/h8H,5-7H2,1-4H3,(H2,15,20). The first-order valence-electron chi connectivity index (χ1n) is 7.48. The third-order valence-corrected chi connectivity index (χ3v) is 5.38. The summed E-state index contributed by atoms with van der Waals surface area (Å²) in [6, 6.07) is -0.0613. The average molecular weight is 355 g/mol. The predicted octanol–water partition coefficient (Wildman–Crippen LogP) is 1.86. The molecule has 0 aliphatic rings. The maximum atomic E-state index is 12.8. The van der Waals surface area contributed by atoms with Crippen molar-refractivity contribution in [1.82, 2.24) is 14.5 Å². The van der Waals surface area contributed by atoms with Gasteiger partial charge in [0.1, 0.15) is 4.70 Å². The Morgan fingerprint density at radius 1 is 1.35 bits per heavy atom. The number of amides is 1. The fraction of sp³-hybridized carbons (Fsp3) is 0.571. The molecule has 0 saturated carbocycles. The van der Waals surface area contributed by atoms with Crippen molar-refractivity contribution < 1.29 is 4.79 Å². The summed E-state index contributed by atoms with van der Waals surface area (Å²) >= 11 is 2.53. The summed E-state index contributed by atoms with van der Waals surface area (Å²) in [6.45, 7) is 9.55. The zero-order valence-electron chi connectivity index (χ0n) is 13.7. The van der Waals surface area contributed by atoms with Crippen LogP contribution in [0.1, 0.15) is 33.7 Å². The van der Waals surface area contributed by atoms with Crippen molar-refractivity contribution in [2.45, 2.75) is 38.9 Å². The number of fused-ring (bicyclic) bond motifs is 1. The molecule has 0 saturated heterocycles. The first kappa shape index (κ1) is 17.7. The van der Waals surface area contributed by atoms with Gasteiger partial charge in [0.15, 0.2) is 15.9 Å². The summed E-state index contributed by atoms with van der Waals surface area (Å²) in [5, 5.41) is 1.27. The smallest absolute Gasteiger partial charge is 0.274 e. The highest BCUT2D eigenvalue weighted by Crippen LogP contribution is 2.28. The first-order chi connectivity index (χ1) is 10.9. The number of rotatable bonds is 7. The van der Waals surface area contributed by atoms with E-state index in [0.717, 1.165) is 18.2 Å². The van der Waals surface area contributed by atoms with Crippen molar-refractivity contribution in [3.8, 4) is 0 Å². The minimum Gasteiger partial charge on any atom is -0.369 e. The van der Waals surface area contributed by atoms with E-state index in [-0.39, 0.29) is 17.4 Å². The van der Waals surface area contributed by atoms with Crippen LogP contribution in [0, 0.1) is 0 Å². The molecule has 126 valence electrons. The summed E-state index contributed by atoms with van der Waals surface area (Å²) in [6.07, 6.45) is 0. The van der Waals surface area contributed by atoms with E-state index in [9.17, 15) is 9.59 Å². The predicted molar refractivity (Wildman–Crippen MR) is 95.5 cm³/mol. The largest absolute Gasteiger partial charge is 0.369 e. The van der Waals surface area contributed by atoms with Gasteiger partial charge in [-0.05, 0) is 27.7 Å². The fourth-order valence-corrected chi connectivity index (χ4v) is 4.10. The van der Waals surface area contributed by atoms with E-state index in [1.54, 1.807) is 4.57 Å². The van der Waals surface area contributed by atoms with Crippen LogP contribution in [0.2, 0.25) is 0 Å². The highest BCUT2D eigenvalue weighted by Gasteiger charge is 2.19. The van der Waals surface area contributed by atoms with Gasteiger partial charge in [-0.3, -0.25) is 14.2 Å². The van der Waals surface area contributed by atoms with Crippen molar-refractivity contribution >= 4 is 44.5 Å². The third-order valence-electron chi connectivity index (χ3n) is 3.31. The Labute approximate surface area is 142 Å². The Morgan fingerprint density at radius 2 is 2.00 bits per heavy atom. The Balaban J connectivity index is 2.60. The Hall–Kier alpha value is -1.61. The van der Waals surface area contributed by atoms with E-state index >= 15 is 0 Å². The number of thioether (sulfide) groups is 1. The number of anilines is 1. The van der Waals surface area contributed by atoms with E-state index in [4.69, 9.17) is 5.73 Å². The topological polar surface area (TPSA) is 94.1 Å². The van der Waals surface area contributed by atoms with Crippen LogP contribution in [0.15, 0.2) is 9.95 Å². The Kier molecular flexibility index (Phi) is 5.64. The van der Waals surface area contributed by atoms with Gasteiger partial charge >= 0.3 is 0 Å². The molecule has 9 heteroatoms. The van der Waals surface area contributed by atoms with Gasteiger partial charge in [-0.1, -0.05) is 23.1 Å². The summed E-state index contributed by atoms with van der Waals surface area (Å²) in [5.41, 5.74) is 5.52. The van der Waals surface area contributed by atoms with Gasteiger partial charge in [-0.25, -0.2) is 4.98 Å². The molecule has 0 aromatic carbocycles. The molecule has 7 nitrogen and oxygen atoms in total.